The van der Waals surface area contributed by atoms with Crippen LogP contribution in [0.2, 0.25) is 0 Å². The van der Waals surface area contributed by atoms with Gasteiger partial charge < -0.3 is 23.7 Å². The highest BCUT2D eigenvalue weighted by atomic mass is 16.8. The molecule has 9 nitrogen and oxygen atoms in total. The molecule has 1 N–H and O–H groups in total. The summed E-state index contributed by atoms with van der Waals surface area (Å²) in [5, 5.41) is 2.09. The van der Waals surface area contributed by atoms with E-state index >= 15 is 0 Å². The zero-order valence-corrected chi connectivity index (χ0v) is 13.5. The highest BCUT2D eigenvalue weighted by Gasteiger charge is 2.60. The average Bonchev–Trinajstić information content (AvgIpc) is 2.87. The lowest BCUT2D eigenvalue weighted by Crippen LogP contribution is -2.67. The first-order valence-corrected chi connectivity index (χ1v) is 6.82. The molecule has 128 valence electrons. The standard InChI is InChI=1S/C14H19NO8/c1-13(20-4)14(2,21-5)23-10(12(18)19-3)9(22-13)7-6-8(16)15-11(7)17/h6,9-10H,1-5H3,(H,15,16,17)/t9-,10+,13+,14+/m0/s1. The van der Waals surface area contributed by atoms with Gasteiger partial charge in [-0.1, -0.05) is 0 Å². The van der Waals surface area contributed by atoms with Gasteiger partial charge in [0.25, 0.3) is 11.8 Å². The van der Waals surface area contributed by atoms with Crippen molar-refractivity contribution in [3.05, 3.63) is 11.6 Å². The number of ether oxygens (including phenoxy) is 5. The van der Waals surface area contributed by atoms with Crippen LogP contribution in [0.25, 0.3) is 0 Å². The van der Waals surface area contributed by atoms with E-state index in [0.717, 1.165) is 6.08 Å². The molecule has 23 heavy (non-hydrogen) atoms. The fourth-order valence-electron chi connectivity index (χ4n) is 2.44. The summed E-state index contributed by atoms with van der Waals surface area (Å²) in [4.78, 5) is 35.4. The molecule has 2 rings (SSSR count). The van der Waals surface area contributed by atoms with Gasteiger partial charge in [-0.25, -0.2) is 4.79 Å². The number of rotatable bonds is 4. The summed E-state index contributed by atoms with van der Waals surface area (Å²) in [6.45, 7) is 3.06. The lowest BCUT2D eigenvalue weighted by atomic mass is 9.98. The summed E-state index contributed by atoms with van der Waals surface area (Å²) in [7, 11) is 3.90. The molecule has 4 atom stereocenters. The first-order chi connectivity index (χ1) is 10.7. The molecular formula is C14H19NO8. The van der Waals surface area contributed by atoms with Crippen LogP contribution in [0.5, 0.6) is 0 Å². The number of methoxy groups -OCH3 is 3. The lowest BCUT2D eigenvalue weighted by Gasteiger charge is -2.51. The molecule has 2 aliphatic heterocycles. The first kappa shape index (κ1) is 17.5. The summed E-state index contributed by atoms with van der Waals surface area (Å²) in [5.74, 6) is -4.93. The number of amides is 2. The van der Waals surface area contributed by atoms with E-state index in [1.165, 1.54) is 35.2 Å². The predicted octanol–water partition coefficient (Wildman–Crippen LogP) is -0.749. The highest BCUT2D eigenvalue weighted by molar-refractivity contribution is 6.17. The third kappa shape index (κ3) is 2.76. The number of esters is 1. The van der Waals surface area contributed by atoms with Crippen molar-refractivity contribution in [3.8, 4) is 0 Å². The van der Waals surface area contributed by atoms with Gasteiger partial charge in [0.1, 0.15) is 6.10 Å². The quantitative estimate of drug-likeness (QED) is 0.530. The summed E-state index contributed by atoms with van der Waals surface area (Å²) in [5.41, 5.74) is -0.0492. The van der Waals surface area contributed by atoms with Crippen molar-refractivity contribution in [3.63, 3.8) is 0 Å². The van der Waals surface area contributed by atoms with Gasteiger partial charge in [-0.3, -0.25) is 14.9 Å². The van der Waals surface area contributed by atoms with Gasteiger partial charge >= 0.3 is 5.97 Å². The van der Waals surface area contributed by atoms with Crippen LogP contribution in [-0.2, 0) is 38.1 Å². The van der Waals surface area contributed by atoms with E-state index in [4.69, 9.17) is 23.7 Å². The zero-order chi connectivity index (χ0) is 17.4. The van der Waals surface area contributed by atoms with Crippen LogP contribution in [0.4, 0.5) is 0 Å². The molecule has 2 aliphatic rings. The molecule has 0 aromatic heterocycles. The minimum atomic E-state index is -1.45. The zero-order valence-electron chi connectivity index (χ0n) is 13.5. The number of carbonyl (C=O) groups is 3. The Bertz CT molecular complexity index is 573. The predicted molar refractivity (Wildman–Crippen MR) is 73.8 cm³/mol. The van der Waals surface area contributed by atoms with Crippen LogP contribution in [0.3, 0.4) is 0 Å². The Morgan fingerprint density at radius 2 is 1.70 bits per heavy atom. The summed E-state index contributed by atoms with van der Waals surface area (Å²) in [6.07, 6.45) is -1.45. The Morgan fingerprint density at radius 1 is 1.13 bits per heavy atom. The van der Waals surface area contributed by atoms with Crippen LogP contribution < -0.4 is 5.32 Å². The van der Waals surface area contributed by atoms with Gasteiger partial charge in [-0.2, -0.15) is 0 Å². The van der Waals surface area contributed by atoms with Gasteiger partial charge in [0.05, 0.1) is 12.7 Å². The molecule has 1 fully saturated rings. The molecule has 1 saturated heterocycles. The van der Waals surface area contributed by atoms with E-state index in [9.17, 15) is 14.4 Å². The van der Waals surface area contributed by atoms with Crippen molar-refractivity contribution in [2.75, 3.05) is 21.3 Å². The third-order valence-electron chi connectivity index (χ3n) is 4.11. The fourth-order valence-corrected chi connectivity index (χ4v) is 2.44. The largest absolute Gasteiger partial charge is 0.467 e. The van der Waals surface area contributed by atoms with Crippen molar-refractivity contribution in [1.82, 2.24) is 5.32 Å². The Morgan fingerprint density at radius 3 is 2.13 bits per heavy atom. The summed E-state index contributed by atoms with van der Waals surface area (Å²) < 4.78 is 26.9. The van der Waals surface area contributed by atoms with Gasteiger partial charge in [-0.15, -0.1) is 0 Å². The molecule has 2 amide bonds. The molecule has 0 spiro atoms. The van der Waals surface area contributed by atoms with Gasteiger partial charge in [0.15, 0.2) is 6.10 Å². The van der Waals surface area contributed by atoms with E-state index in [2.05, 4.69) is 5.32 Å². The molecule has 0 aromatic carbocycles. The van der Waals surface area contributed by atoms with Crippen LogP contribution in [-0.4, -0.2) is 62.9 Å². The van der Waals surface area contributed by atoms with Crippen molar-refractivity contribution in [2.24, 2.45) is 0 Å². The van der Waals surface area contributed by atoms with Crippen LogP contribution in [0.15, 0.2) is 11.6 Å². The number of nitrogens with one attached hydrogen (secondary N) is 1. The third-order valence-corrected chi connectivity index (χ3v) is 4.11. The van der Waals surface area contributed by atoms with Gasteiger partial charge in [0, 0.05) is 20.3 Å². The minimum absolute atomic E-state index is 0.0492. The van der Waals surface area contributed by atoms with Crippen LogP contribution in [0.1, 0.15) is 13.8 Å². The summed E-state index contributed by atoms with van der Waals surface area (Å²) in [6, 6.07) is 0. The Labute approximate surface area is 132 Å². The number of hydrogen-bond acceptors (Lipinski definition) is 8. The molecule has 0 radical (unpaired) electrons. The normalized spacial score (nSPS) is 37.3. The van der Waals surface area contributed by atoms with E-state index in [0.29, 0.717) is 0 Å². The second-order valence-corrected chi connectivity index (χ2v) is 5.32. The van der Waals surface area contributed by atoms with E-state index in [-0.39, 0.29) is 5.57 Å². The minimum Gasteiger partial charge on any atom is -0.467 e. The molecule has 0 aliphatic carbocycles. The number of carbonyl (C=O) groups excluding carboxylic acids is 3. The van der Waals surface area contributed by atoms with E-state index < -0.39 is 41.6 Å². The Hall–Kier alpha value is -1.81. The molecule has 0 unspecified atom stereocenters. The van der Waals surface area contributed by atoms with Crippen molar-refractivity contribution in [2.45, 2.75) is 37.6 Å². The molecule has 0 aromatic rings. The SMILES string of the molecule is COC(=O)[C@@H]1O[C@@](C)(OC)[C@](C)(OC)O[C@H]1C1=CC(=O)NC1=O. The van der Waals surface area contributed by atoms with Gasteiger partial charge in [-0.05, 0) is 13.8 Å². The van der Waals surface area contributed by atoms with Crippen LogP contribution >= 0.6 is 0 Å². The maximum atomic E-state index is 12.1. The molecule has 0 bridgehead atoms. The first-order valence-electron chi connectivity index (χ1n) is 6.82. The Balaban J connectivity index is 2.46. The van der Waals surface area contributed by atoms with Gasteiger partial charge in [0.2, 0.25) is 11.6 Å². The Kier molecular flexibility index (Phi) is 4.58. The van der Waals surface area contributed by atoms with Crippen LogP contribution in [0, 0.1) is 0 Å². The molecular weight excluding hydrogens is 310 g/mol. The molecule has 2 heterocycles. The molecule has 0 saturated carbocycles. The maximum Gasteiger partial charge on any atom is 0.338 e. The monoisotopic (exact) mass is 329 g/mol. The molecule has 9 heteroatoms. The van der Waals surface area contributed by atoms with Crippen molar-refractivity contribution < 1.29 is 38.1 Å². The highest BCUT2D eigenvalue weighted by Crippen LogP contribution is 2.41. The average molecular weight is 329 g/mol. The summed E-state index contributed by atoms with van der Waals surface area (Å²) >= 11 is 0. The number of hydrogen-bond donors (Lipinski definition) is 1. The number of imide groups is 1. The second-order valence-electron chi connectivity index (χ2n) is 5.32. The smallest absolute Gasteiger partial charge is 0.338 e. The maximum absolute atomic E-state index is 12.1. The van der Waals surface area contributed by atoms with Crippen molar-refractivity contribution in [1.29, 1.82) is 0 Å². The topological polar surface area (TPSA) is 109 Å². The fraction of sp³-hybridized carbons (Fsp3) is 0.643. The lowest BCUT2D eigenvalue weighted by molar-refractivity contribution is -0.438. The van der Waals surface area contributed by atoms with E-state index in [1.807, 2.05) is 0 Å². The van der Waals surface area contributed by atoms with E-state index in [1.54, 1.807) is 0 Å². The second kappa shape index (κ2) is 6.00. The van der Waals surface area contributed by atoms with Crippen molar-refractivity contribution >= 4 is 17.8 Å².